The van der Waals surface area contributed by atoms with Gasteiger partial charge in [0.15, 0.2) is 0 Å². The molecule has 0 fully saturated rings. The van der Waals surface area contributed by atoms with Crippen LogP contribution < -0.4 is 57.1 Å². The third-order valence-electron chi connectivity index (χ3n) is 4.66. The van der Waals surface area contributed by atoms with Gasteiger partial charge >= 0.3 is 0 Å². The maximum Gasteiger partial charge on any atom is 0.256 e. The van der Waals surface area contributed by atoms with Crippen molar-refractivity contribution in [3.8, 4) is 0 Å². The average Bonchev–Trinajstić information content (AvgIpc) is 3.06. The van der Waals surface area contributed by atoms with E-state index in [-0.39, 0.29) is 48.0 Å². The Kier molecular flexibility index (Phi) is 13.0. The molecule has 2 heterocycles. The van der Waals surface area contributed by atoms with E-state index in [0.29, 0.717) is 0 Å². The van der Waals surface area contributed by atoms with Gasteiger partial charge in [-0.15, -0.1) is 0 Å². The van der Waals surface area contributed by atoms with Crippen molar-refractivity contribution >= 4 is 0 Å². The predicted octanol–water partition coefficient (Wildman–Crippen LogP) is -3.28. The fraction of sp³-hybridized carbons (Fsp3) is 0.684. The zero-order valence-electron chi connectivity index (χ0n) is 16.2. The van der Waals surface area contributed by atoms with Crippen molar-refractivity contribution in [1.82, 2.24) is 9.13 Å². The standard InChI is InChI=1S/C19H34N4.2HI/c1-5-10-18-20(3)14-16-22(18)12-8-7-9-13-23-17-15-21(4)19(23)11-6-2;;/h14-17H,5-13H2,1-4H3;2*1H/q+2;;/p-2. The highest BCUT2D eigenvalue weighted by Crippen LogP contribution is 2.07. The largest absolute Gasteiger partial charge is 1.00 e. The number of aryl methyl sites for hydroxylation is 4. The van der Waals surface area contributed by atoms with Gasteiger partial charge in [0.1, 0.15) is 24.8 Å². The van der Waals surface area contributed by atoms with Crippen molar-refractivity contribution in [3.05, 3.63) is 36.4 Å². The summed E-state index contributed by atoms with van der Waals surface area (Å²) in [5.74, 6) is 2.91. The van der Waals surface area contributed by atoms with Gasteiger partial charge < -0.3 is 48.0 Å². The molecule has 0 bridgehead atoms. The van der Waals surface area contributed by atoms with Gasteiger partial charge in [-0.25, -0.2) is 18.3 Å². The first kappa shape index (κ1) is 24.9. The molecule has 6 heteroatoms. The van der Waals surface area contributed by atoms with E-state index >= 15 is 0 Å². The second kappa shape index (κ2) is 13.1. The lowest BCUT2D eigenvalue weighted by atomic mass is 10.2. The van der Waals surface area contributed by atoms with Crippen LogP contribution in [0.3, 0.4) is 0 Å². The van der Waals surface area contributed by atoms with Crippen LogP contribution in [0.2, 0.25) is 0 Å². The molecule has 2 aromatic heterocycles. The topological polar surface area (TPSA) is 17.6 Å². The van der Waals surface area contributed by atoms with E-state index in [1.165, 1.54) is 56.6 Å². The van der Waals surface area contributed by atoms with Crippen LogP contribution in [0.5, 0.6) is 0 Å². The van der Waals surface area contributed by atoms with Crippen LogP contribution in [-0.4, -0.2) is 9.13 Å². The Morgan fingerprint density at radius 3 is 1.48 bits per heavy atom. The SMILES string of the molecule is CCCc1n(CCCCCn2cc[n+](C)c2CCC)cc[n+]1C.[I-].[I-]. The van der Waals surface area contributed by atoms with E-state index in [1.54, 1.807) is 0 Å². The Hall–Kier alpha value is -0.120. The Labute approximate surface area is 187 Å². The molecule has 0 aromatic carbocycles. The molecule has 0 aliphatic heterocycles. The van der Waals surface area contributed by atoms with Gasteiger partial charge in [-0.1, -0.05) is 13.8 Å². The minimum Gasteiger partial charge on any atom is -1.00 e. The highest BCUT2D eigenvalue weighted by Gasteiger charge is 2.14. The van der Waals surface area contributed by atoms with Gasteiger partial charge in [-0.2, -0.15) is 0 Å². The van der Waals surface area contributed by atoms with Crippen LogP contribution in [0.25, 0.3) is 0 Å². The van der Waals surface area contributed by atoms with Crippen LogP contribution in [0.1, 0.15) is 57.6 Å². The minimum absolute atomic E-state index is 0. The molecular weight excluding hydrogens is 538 g/mol. The molecule has 0 radical (unpaired) electrons. The number of rotatable bonds is 10. The van der Waals surface area contributed by atoms with Gasteiger partial charge in [-0.05, 0) is 32.1 Å². The third-order valence-corrected chi connectivity index (χ3v) is 4.66. The zero-order valence-corrected chi connectivity index (χ0v) is 20.5. The van der Waals surface area contributed by atoms with E-state index in [9.17, 15) is 0 Å². The summed E-state index contributed by atoms with van der Waals surface area (Å²) >= 11 is 0. The van der Waals surface area contributed by atoms with Crippen LogP contribution in [0, 0.1) is 0 Å². The molecule has 0 aliphatic carbocycles. The molecule has 2 aromatic rings. The highest BCUT2D eigenvalue weighted by molar-refractivity contribution is 4.84. The van der Waals surface area contributed by atoms with E-state index in [2.05, 4.69) is 71.0 Å². The van der Waals surface area contributed by atoms with Gasteiger partial charge in [0, 0.05) is 12.8 Å². The fourth-order valence-corrected chi connectivity index (χ4v) is 3.35. The molecule has 0 N–H and O–H groups in total. The predicted molar refractivity (Wildman–Crippen MR) is 93.1 cm³/mol. The lowest BCUT2D eigenvalue weighted by molar-refractivity contribution is -0.679. The summed E-state index contributed by atoms with van der Waals surface area (Å²) in [4.78, 5) is 0. The number of imidazole rings is 2. The first-order valence-corrected chi connectivity index (χ1v) is 9.24. The summed E-state index contributed by atoms with van der Waals surface area (Å²) in [7, 11) is 4.31. The Bertz CT molecular complexity index is 552. The van der Waals surface area contributed by atoms with Gasteiger partial charge in [-0.3, -0.25) is 0 Å². The zero-order chi connectivity index (χ0) is 16.7. The fourth-order valence-electron chi connectivity index (χ4n) is 3.35. The van der Waals surface area contributed by atoms with Crippen LogP contribution in [0.4, 0.5) is 0 Å². The van der Waals surface area contributed by atoms with Crippen LogP contribution >= 0.6 is 0 Å². The summed E-state index contributed by atoms with van der Waals surface area (Å²) < 4.78 is 9.39. The van der Waals surface area contributed by atoms with Gasteiger partial charge in [0.2, 0.25) is 0 Å². The number of halogens is 2. The van der Waals surface area contributed by atoms with E-state index in [4.69, 9.17) is 0 Å². The first-order valence-electron chi connectivity index (χ1n) is 9.24. The second-order valence-corrected chi connectivity index (χ2v) is 6.60. The smallest absolute Gasteiger partial charge is 0.256 e. The van der Waals surface area contributed by atoms with Crippen molar-refractivity contribution in [3.63, 3.8) is 0 Å². The van der Waals surface area contributed by atoms with Crippen molar-refractivity contribution in [2.24, 2.45) is 14.1 Å². The molecule has 0 saturated heterocycles. The Morgan fingerprint density at radius 1 is 0.720 bits per heavy atom. The third kappa shape index (κ3) is 7.19. The van der Waals surface area contributed by atoms with E-state index in [0.717, 1.165) is 13.1 Å². The number of hydrogen-bond donors (Lipinski definition) is 0. The van der Waals surface area contributed by atoms with E-state index in [1.807, 2.05) is 0 Å². The van der Waals surface area contributed by atoms with Gasteiger partial charge in [0.25, 0.3) is 11.6 Å². The number of unbranched alkanes of at least 4 members (excludes halogenated alkanes) is 2. The Morgan fingerprint density at radius 2 is 1.12 bits per heavy atom. The Balaban J connectivity index is 0.00000288. The molecule has 4 nitrogen and oxygen atoms in total. The summed E-state index contributed by atoms with van der Waals surface area (Å²) in [5.41, 5.74) is 0. The van der Waals surface area contributed by atoms with Crippen LogP contribution in [-0.2, 0) is 40.0 Å². The monoisotopic (exact) mass is 572 g/mol. The summed E-state index contributed by atoms with van der Waals surface area (Å²) in [5, 5.41) is 0. The molecule has 0 spiro atoms. The minimum atomic E-state index is 0. The quantitative estimate of drug-likeness (QED) is 0.162. The van der Waals surface area contributed by atoms with Crippen LogP contribution in [0.15, 0.2) is 24.8 Å². The maximum absolute atomic E-state index is 2.43. The van der Waals surface area contributed by atoms with Crippen molar-refractivity contribution in [2.45, 2.75) is 71.9 Å². The normalized spacial score (nSPS) is 10.4. The molecule has 2 rings (SSSR count). The lowest BCUT2D eigenvalue weighted by Crippen LogP contribution is -3.00. The summed E-state index contributed by atoms with van der Waals surface area (Å²) in [6.07, 6.45) is 17.4. The molecule has 0 atom stereocenters. The summed E-state index contributed by atoms with van der Waals surface area (Å²) in [6, 6.07) is 0. The molecule has 0 unspecified atom stereocenters. The average molecular weight is 572 g/mol. The second-order valence-electron chi connectivity index (χ2n) is 6.60. The van der Waals surface area contributed by atoms with Crippen molar-refractivity contribution in [2.75, 3.05) is 0 Å². The molecule has 0 saturated carbocycles. The maximum atomic E-state index is 2.43. The van der Waals surface area contributed by atoms with E-state index < -0.39 is 0 Å². The number of nitrogens with zero attached hydrogens (tertiary/aromatic N) is 4. The number of aromatic nitrogens is 4. The highest BCUT2D eigenvalue weighted by atomic mass is 127. The molecular formula is C19H34I2N4. The molecule has 144 valence electrons. The van der Waals surface area contributed by atoms with Gasteiger partial charge in [0.05, 0.1) is 27.2 Å². The summed E-state index contributed by atoms with van der Waals surface area (Å²) in [6.45, 7) is 6.81. The molecule has 0 aliphatic rings. The van der Waals surface area contributed by atoms with Crippen molar-refractivity contribution in [1.29, 1.82) is 0 Å². The molecule has 25 heavy (non-hydrogen) atoms. The lowest BCUT2D eigenvalue weighted by Gasteiger charge is -2.04. The first-order chi connectivity index (χ1) is 11.2. The number of hydrogen-bond acceptors (Lipinski definition) is 0. The van der Waals surface area contributed by atoms with Crippen molar-refractivity contribution < 1.29 is 57.1 Å². The molecule has 0 amide bonds.